The van der Waals surface area contributed by atoms with E-state index in [4.69, 9.17) is 10.5 Å². The van der Waals surface area contributed by atoms with E-state index in [0.29, 0.717) is 48.4 Å². The number of aryl methyl sites for hydroxylation is 1. The van der Waals surface area contributed by atoms with Crippen molar-refractivity contribution in [1.29, 1.82) is 0 Å². The molecule has 1 aliphatic rings. The van der Waals surface area contributed by atoms with E-state index in [-0.39, 0.29) is 17.7 Å². The van der Waals surface area contributed by atoms with E-state index in [9.17, 15) is 14.4 Å². The number of primary amides is 1. The lowest BCUT2D eigenvalue weighted by atomic mass is 9.96. The van der Waals surface area contributed by atoms with Crippen LogP contribution in [0.1, 0.15) is 58.3 Å². The van der Waals surface area contributed by atoms with E-state index < -0.39 is 5.97 Å². The lowest BCUT2D eigenvalue weighted by Crippen LogP contribution is -2.44. The summed E-state index contributed by atoms with van der Waals surface area (Å²) in [7, 11) is 1.33. The van der Waals surface area contributed by atoms with Gasteiger partial charge in [-0.15, -0.1) is 0 Å². The topological polar surface area (TPSA) is 105 Å². The van der Waals surface area contributed by atoms with E-state index in [2.05, 4.69) is 4.98 Å². The smallest absolute Gasteiger partial charge is 0.339 e. The highest BCUT2D eigenvalue weighted by atomic mass is 16.5. The molecule has 7 heteroatoms. The molecular weight excluding hydrogens is 310 g/mol. The number of piperidine rings is 1. The monoisotopic (exact) mass is 335 g/mol. The Kier molecular flexibility index (Phi) is 5.64. The Morgan fingerprint density at radius 1 is 1.38 bits per heavy atom. The first-order chi connectivity index (χ1) is 11.4. The molecule has 1 fully saturated rings. The quantitative estimate of drug-likeness (QED) is 0.793. The van der Waals surface area contributed by atoms with Gasteiger partial charge in [0.2, 0.25) is 5.91 Å². The normalized spacial score (nSPS) is 17.6. The maximum atomic E-state index is 12.9. The molecule has 1 aliphatic heterocycles. The SMILES string of the molecule is CCCc1c(C(=O)N2CCCC(C(N)=O)C2)[nH]c(C)c1C(=O)OC. The molecule has 0 radical (unpaired) electrons. The number of aromatic amines is 1. The second-order valence-electron chi connectivity index (χ2n) is 6.21. The fourth-order valence-corrected chi connectivity index (χ4v) is 3.29. The summed E-state index contributed by atoms with van der Waals surface area (Å²) < 4.78 is 4.85. The van der Waals surface area contributed by atoms with Crippen LogP contribution in [0.25, 0.3) is 0 Å². The first-order valence-electron chi connectivity index (χ1n) is 8.29. The standard InChI is InChI=1S/C17H25N3O4/c1-4-6-12-13(17(23)24-3)10(2)19-14(12)16(22)20-8-5-7-11(9-20)15(18)21/h11,19H,4-9H2,1-3H3,(H2,18,21). The predicted octanol–water partition coefficient (Wildman–Crippen LogP) is 1.40. The lowest BCUT2D eigenvalue weighted by Gasteiger charge is -2.31. The van der Waals surface area contributed by atoms with Crippen LogP contribution in [0.15, 0.2) is 0 Å². The van der Waals surface area contributed by atoms with E-state index in [1.165, 1.54) is 7.11 Å². The fraction of sp³-hybridized carbons (Fsp3) is 0.588. The number of rotatable bonds is 5. The molecule has 0 saturated carbocycles. The molecule has 2 rings (SSSR count). The van der Waals surface area contributed by atoms with Gasteiger partial charge in [-0.3, -0.25) is 9.59 Å². The Balaban J connectivity index is 2.35. The van der Waals surface area contributed by atoms with Crippen molar-refractivity contribution in [3.8, 4) is 0 Å². The largest absolute Gasteiger partial charge is 0.465 e. The number of carbonyl (C=O) groups excluding carboxylic acids is 3. The van der Waals surface area contributed by atoms with Gasteiger partial charge in [-0.2, -0.15) is 0 Å². The van der Waals surface area contributed by atoms with Crippen molar-refractivity contribution in [2.75, 3.05) is 20.2 Å². The minimum atomic E-state index is -0.445. The van der Waals surface area contributed by atoms with Crippen molar-refractivity contribution >= 4 is 17.8 Å². The van der Waals surface area contributed by atoms with Crippen LogP contribution in [0, 0.1) is 12.8 Å². The average Bonchev–Trinajstić information content (AvgIpc) is 2.90. The zero-order chi connectivity index (χ0) is 17.9. The molecule has 24 heavy (non-hydrogen) atoms. The number of aromatic nitrogens is 1. The molecule has 7 nitrogen and oxygen atoms in total. The van der Waals surface area contributed by atoms with Gasteiger partial charge in [0.05, 0.1) is 18.6 Å². The van der Waals surface area contributed by atoms with Crippen molar-refractivity contribution in [2.45, 2.75) is 39.5 Å². The molecule has 2 amide bonds. The van der Waals surface area contributed by atoms with Crippen LogP contribution in [0.5, 0.6) is 0 Å². The highest BCUT2D eigenvalue weighted by Gasteiger charge is 2.31. The summed E-state index contributed by atoms with van der Waals surface area (Å²) in [5, 5.41) is 0. The minimum Gasteiger partial charge on any atom is -0.465 e. The Hall–Kier alpha value is -2.31. The third-order valence-electron chi connectivity index (χ3n) is 4.51. The van der Waals surface area contributed by atoms with Gasteiger partial charge in [0, 0.05) is 18.8 Å². The Bertz CT molecular complexity index is 651. The summed E-state index contributed by atoms with van der Waals surface area (Å²) in [6.07, 6.45) is 2.85. The van der Waals surface area contributed by atoms with Crippen molar-refractivity contribution in [3.63, 3.8) is 0 Å². The number of H-pyrrole nitrogens is 1. The summed E-state index contributed by atoms with van der Waals surface area (Å²) in [5.74, 6) is -1.32. The van der Waals surface area contributed by atoms with Crippen molar-refractivity contribution in [1.82, 2.24) is 9.88 Å². The number of nitrogens with zero attached hydrogens (tertiary/aromatic N) is 1. The molecule has 132 valence electrons. The van der Waals surface area contributed by atoms with Crippen molar-refractivity contribution in [2.24, 2.45) is 11.7 Å². The summed E-state index contributed by atoms with van der Waals surface area (Å²) in [6.45, 7) is 4.65. The highest BCUT2D eigenvalue weighted by molar-refractivity contribution is 6.01. The molecule has 1 aromatic heterocycles. The number of hydrogen-bond donors (Lipinski definition) is 2. The zero-order valence-electron chi connectivity index (χ0n) is 14.5. The van der Waals surface area contributed by atoms with Crippen LogP contribution in [0.4, 0.5) is 0 Å². The van der Waals surface area contributed by atoms with Gasteiger partial charge in [-0.25, -0.2) is 4.79 Å². The number of carbonyl (C=O) groups is 3. The fourth-order valence-electron chi connectivity index (χ4n) is 3.29. The van der Waals surface area contributed by atoms with Gasteiger partial charge in [0.15, 0.2) is 0 Å². The van der Waals surface area contributed by atoms with Crippen LogP contribution >= 0.6 is 0 Å². The second-order valence-corrected chi connectivity index (χ2v) is 6.21. The first-order valence-corrected chi connectivity index (χ1v) is 8.29. The Morgan fingerprint density at radius 2 is 2.08 bits per heavy atom. The molecule has 1 aromatic rings. The van der Waals surface area contributed by atoms with Gasteiger partial charge >= 0.3 is 5.97 Å². The zero-order valence-corrected chi connectivity index (χ0v) is 14.5. The molecule has 3 N–H and O–H groups in total. The van der Waals surface area contributed by atoms with Crippen LogP contribution < -0.4 is 5.73 Å². The maximum Gasteiger partial charge on any atom is 0.339 e. The summed E-state index contributed by atoms with van der Waals surface area (Å²) in [4.78, 5) is 41.1. The lowest BCUT2D eigenvalue weighted by molar-refractivity contribution is -0.123. The summed E-state index contributed by atoms with van der Waals surface area (Å²) in [6, 6.07) is 0. The number of esters is 1. The molecule has 0 aliphatic carbocycles. The maximum absolute atomic E-state index is 12.9. The molecule has 0 spiro atoms. The van der Waals surface area contributed by atoms with Gasteiger partial charge in [0.25, 0.3) is 5.91 Å². The highest BCUT2D eigenvalue weighted by Crippen LogP contribution is 2.25. The number of likely N-dealkylation sites (tertiary alicyclic amines) is 1. The number of methoxy groups -OCH3 is 1. The van der Waals surface area contributed by atoms with Gasteiger partial charge < -0.3 is 20.4 Å². The van der Waals surface area contributed by atoms with E-state index in [0.717, 1.165) is 12.8 Å². The number of nitrogens with two attached hydrogens (primary N) is 1. The third-order valence-corrected chi connectivity index (χ3v) is 4.51. The molecular formula is C17H25N3O4. The third kappa shape index (κ3) is 3.44. The Morgan fingerprint density at radius 3 is 2.67 bits per heavy atom. The Labute approximate surface area is 141 Å². The van der Waals surface area contributed by atoms with E-state index in [1.54, 1.807) is 11.8 Å². The molecule has 0 aromatic carbocycles. The van der Waals surface area contributed by atoms with Gasteiger partial charge in [-0.1, -0.05) is 13.3 Å². The van der Waals surface area contributed by atoms with Crippen molar-refractivity contribution in [3.05, 3.63) is 22.5 Å². The van der Waals surface area contributed by atoms with Crippen molar-refractivity contribution < 1.29 is 19.1 Å². The minimum absolute atomic E-state index is 0.192. The van der Waals surface area contributed by atoms with Crippen LogP contribution in [0.3, 0.4) is 0 Å². The van der Waals surface area contributed by atoms with Crippen LogP contribution in [-0.4, -0.2) is 47.9 Å². The molecule has 0 bridgehead atoms. The number of ether oxygens (including phenoxy) is 1. The summed E-state index contributed by atoms with van der Waals surface area (Å²) >= 11 is 0. The predicted molar refractivity (Wildman–Crippen MR) is 88.7 cm³/mol. The van der Waals surface area contributed by atoms with E-state index in [1.807, 2.05) is 6.92 Å². The van der Waals surface area contributed by atoms with Gasteiger partial charge in [0.1, 0.15) is 5.69 Å². The number of nitrogens with one attached hydrogen (secondary N) is 1. The first kappa shape index (κ1) is 18.0. The average molecular weight is 335 g/mol. The molecule has 1 unspecified atom stereocenters. The molecule has 2 heterocycles. The van der Waals surface area contributed by atoms with Crippen LogP contribution in [-0.2, 0) is 16.0 Å². The molecule has 1 atom stereocenters. The van der Waals surface area contributed by atoms with Crippen LogP contribution in [0.2, 0.25) is 0 Å². The molecule has 1 saturated heterocycles. The summed E-state index contributed by atoms with van der Waals surface area (Å²) in [5.41, 5.74) is 7.55. The number of hydrogen-bond acceptors (Lipinski definition) is 4. The van der Waals surface area contributed by atoms with Gasteiger partial charge in [-0.05, 0) is 31.7 Å². The van der Waals surface area contributed by atoms with E-state index >= 15 is 0 Å². The number of amides is 2. The second kappa shape index (κ2) is 7.51.